The van der Waals surface area contributed by atoms with E-state index in [1.54, 1.807) is 42.1 Å². The van der Waals surface area contributed by atoms with Gasteiger partial charge in [-0.2, -0.15) is 5.10 Å². The van der Waals surface area contributed by atoms with Gasteiger partial charge in [0.2, 0.25) is 0 Å². The molecule has 0 fully saturated rings. The molecule has 3 aromatic rings. The molecule has 1 amide bonds. The quantitative estimate of drug-likeness (QED) is 0.571. The van der Waals surface area contributed by atoms with Crippen LogP contribution in [0.2, 0.25) is 0 Å². The summed E-state index contributed by atoms with van der Waals surface area (Å²) in [6.07, 6.45) is 3.58. The van der Waals surface area contributed by atoms with Gasteiger partial charge in [0.1, 0.15) is 0 Å². The van der Waals surface area contributed by atoms with E-state index in [-0.39, 0.29) is 11.6 Å². The van der Waals surface area contributed by atoms with Crippen LogP contribution in [0.4, 0.5) is 11.4 Å². The molecule has 25 heavy (non-hydrogen) atoms. The summed E-state index contributed by atoms with van der Waals surface area (Å²) in [5.41, 5.74) is 2.34. The fourth-order valence-corrected chi connectivity index (χ4v) is 2.49. The van der Waals surface area contributed by atoms with Gasteiger partial charge in [0.05, 0.1) is 22.7 Å². The fourth-order valence-electron chi connectivity index (χ4n) is 2.49. The van der Waals surface area contributed by atoms with Crippen LogP contribution in [0.5, 0.6) is 0 Å². The lowest BCUT2D eigenvalue weighted by molar-refractivity contribution is -0.385. The summed E-state index contributed by atoms with van der Waals surface area (Å²) in [6, 6.07) is 13.6. The van der Waals surface area contributed by atoms with E-state index in [9.17, 15) is 14.9 Å². The molecule has 0 aliphatic heterocycles. The van der Waals surface area contributed by atoms with Crippen LogP contribution < -0.4 is 5.32 Å². The standard InChI is InChI=1S/C18H16N4O3/c1-13-16(4-2-5-17(13)22(24)25)20-18(23)15-8-6-14(7-9-15)12-21-11-3-10-19-21/h2-11H,12H2,1H3,(H,20,23). The largest absolute Gasteiger partial charge is 0.321 e. The number of nitro groups is 1. The maximum atomic E-state index is 12.4. The molecule has 0 atom stereocenters. The van der Waals surface area contributed by atoms with Gasteiger partial charge in [-0.1, -0.05) is 18.2 Å². The van der Waals surface area contributed by atoms with Crippen LogP contribution in [0.1, 0.15) is 21.5 Å². The van der Waals surface area contributed by atoms with Gasteiger partial charge in [-0.05, 0) is 36.8 Å². The van der Waals surface area contributed by atoms with E-state index >= 15 is 0 Å². The molecule has 7 heteroatoms. The maximum Gasteiger partial charge on any atom is 0.274 e. The van der Waals surface area contributed by atoms with Gasteiger partial charge in [0.25, 0.3) is 11.6 Å². The Balaban J connectivity index is 1.73. The highest BCUT2D eigenvalue weighted by Gasteiger charge is 2.15. The summed E-state index contributed by atoms with van der Waals surface area (Å²) in [4.78, 5) is 22.9. The molecule has 0 aliphatic carbocycles. The number of aromatic nitrogens is 2. The zero-order valence-electron chi connectivity index (χ0n) is 13.5. The van der Waals surface area contributed by atoms with E-state index in [2.05, 4.69) is 10.4 Å². The van der Waals surface area contributed by atoms with Crippen molar-refractivity contribution in [1.29, 1.82) is 0 Å². The van der Waals surface area contributed by atoms with E-state index < -0.39 is 4.92 Å². The molecule has 0 aliphatic rings. The Hall–Kier alpha value is -3.48. The minimum Gasteiger partial charge on any atom is -0.321 e. The molecule has 126 valence electrons. The molecule has 2 aromatic carbocycles. The summed E-state index contributed by atoms with van der Waals surface area (Å²) in [5.74, 6) is -0.311. The van der Waals surface area contributed by atoms with Crippen LogP contribution in [0, 0.1) is 17.0 Å². The van der Waals surface area contributed by atoms with Crippen molar-refractivity contribution in [3.05, 3.63) is 87.7 Å². The third kappa shape index (κ3) is 3.72. The first-order valence-corrected chi connectivity index (χ1v) is 7.66. The second-order valence-corrected chi connectivity index (χ2v) is 5.56. The van der Waals surface area contributed by atoms with Crippen LogP contribution >= 0.6 is 0 Å². The van der Waals surface area contributed by atoms with E-state index in [0.29, 0.717) is 23.4 Å². The van der Waals surface area contributed by atoms with Crippen molar-refractivity contribution in [3.63, 3.8) is 0 Å². The van der Waals surface area contributed by atoms with Crippen molar-refractivity contribution in [3.8, 4) is 0 Å². The summed E-state index contributed by atoms with van der Waals surface area (Å²) < 4.78 is 1.79. The number of nitrogens with zero attached hydrogens (tertiary/aromatic N) is 3. The summed E-state index contributed by atoms with van der Waals surface area (Å²) in [6.45, 7) is 2.24. The van der Waals surface area contributed by atoms with E-state index in [4.69, 9.17) is 0 Å². The van der Waals surface area contributed by atoms with Gasteiger partial charge in [0.15, 0.2) is 0 Å². The minimum atomic E-state index is -0.463. The van der Waals surface area contributed by atoms with Crippen molar-refractivity contribution >= 4 is 17.3 Å². The molecular weight excluding hydrogens is 320 g/mol. The number of nitrogens with one attached hydrogen (secondary N) is 1. The molecule has 0 saturated heterocycles. The van der Waals surface area contributed by atoms with Crippen LogP contribution in [-0.2, 0) is 6.54 Å². The summed E-state index contributed by atoms with van der Waals surface area (Å²) in [5, 5.41) is 17.8. The Bertz CT molecular complexity index is 903. The number of carbonyl (C=O) groups excluding carboxylic acids is 1. The first-order valence-electron chi connectivity index (χ1n) is 7.66. The van der Waals surface area contributed by atoms with Crippen LogP contribution in [-0.4, -0.2) is 20.6 Å². The molecule has 0 spiro atoms. The van der Waals surface area contributed by atoms with Crippen molar-refractivity contribution < 1.29 is 9.72 Å². The minimum absolute atomic E-state index is 0.0210. The first kappa shape index (κ1) is 16.4. The fraction of sp³-hybridized carbons (Fsp3) is 0.111. The Morgan fingerprint density at radius 3 is 2.60 bits per heavy atom. The molecule has 0 unspecified atom stereocenters. The lowest BCUT2D eigenvalue weighted by Gasteiger charge is -2.09. The molecule has 1 heterocycles. The monoisotopic (exact) mass is 336 g/mol. The molecule has 1 N–H and O–H groups in total. The van der Waals surface area contributed by atoms with Crippen LogP contribution in [0.3, 0.4) is 0 Å². The third-order valence-electron chi connectivity index (χ3n) is 3.87. The number of hydrogen-bond acceptors (Lipinski definition) is 4. The Kier molecular flexibility index (Phi) is 4.56. The number of hydrogen-bond donors (Lipinski definition) is 1. The van der Waals surface area contributed by atoms with Gasteiger partial charge in [0, 0.05) is 24.0 Å². The molecular formula is C18H16N4O3. The zero-order valence-corrected chi connectivity index (χ0v) is 13.5. The topological polar surface area (TPSA) is 90.1 Å². The van der Waals surface area contributed by atoms with Gasteiger partial charge in [-0.25, -0.2) is 0 Å². The van der Waals surface area contributed by atoms with E-state index in [1.165, 1.54) is 6.07 Å². The normalized spacial score (nSPS) is 10.4. The SMILES string of the molecule is Cc1c(NC(=O)c2ccc(Cn3cccn3)cc2)cccc1[N+](=O)[O-]. The smallest absolute Gasteiger partial charge is 0.274 e. The predicted molar refractivity (Wildman–Crippen MR) is 93.6 cm³/mol. The average Bonchev–Trinajstić information content (AvgIpc) is 3.10. The van der Waals surface area contributed by atoms with E-state index in [0.717, 1.165) is 5.56 Å². The molecule has 3 rings (SSSR count). The first-order chi connectivity index (χ1) is 12.0. The number of anilines is 1. The number of carbonyl (C=O) groups is 1. The second-order valence-electron chi connectivity index (χ2n) is 5.56. The van der Waals surface area contributed by atoms with Gasteiger partial charge < -0.3 is 5.32 Å². The lowest BCUT2D eigenvalue weighted by Crippen LogP contribution is -2.13. The zero-order chi connectivity index (χ0) is 17.8. The molecule has 7 nitrogen and oxygen atoms in total. The molecule has 0 saturated carbocycles. The van der Waals surface area contributed by atoms with Gasteiger partial charge >= 0.3 is 0 Å². The molecule has 1 aromatic heterocycles. The van der Waals surface area contributed by atoms with E-state index in [1.807, 2.05) is 24.4 Å². The summed E-state index contributed by atoms with van der Waals surface area (Å²) in [7, 11) is 0. The molecule has 0 radical (unpaired) electrons. The van der Waals surface area contributed by atoms with Gasteiger partial charge in [-0.3, -0.25) is 19.6 Å². The van der Waals surface area contributed by atoms with Crippen molar-refractivity contribution in [2.75, 3.05) is 5.32 Å². The number of nitro benzene ring substituents is 1. The Morgan fingerprint density at radius 2 is 1.96 bits per heavy atom. The number of amides is 1. The molecule has 0 bridgehead atoms. The average molecular weight is 336 g/mol. The third-order valence-corrected chi connectivity index (χ3v) is 3.87. The van der Waals surface area contributed by atoms with Crippen molar-refractivity contribution in [2.45, 2.75) is 13.5 Å². The summed E-state index contributed by atoms with van der Waals surface area (Å²) >= 11 is 0. The van der Waals surface area contributed by atoms with Crippen molar-refractivity contribution in [1.82, 2.24) is 9.78 Å². The van der Waals surface area contributed by atoms with Crippen LogP contribution in [0.15, 0.2) is 60.9 Å². The lowest BCUT2D eigenvalue weighted by atomic mass is 10.1. The predicted octanol–water partition coefficient (Wildman–Crippen LogP) is 3.40. The Labute approximate surface area is 144 Å². The highest BCUT2D eigenvalue weighted by molar-refractivity contribution is 6.04. The Morgan fingerprint density at radius 1 is 1.20 bits per heavy atom. The second kappa shape index (κ2) is 6.96. The highest BCUT2D eigenvalue weighted by Crippen LogP contribution is 2.25. The number of benzene rings is 2. The number of rotatable bonds is 5. The van der Waals surface area contributed by atoms with Gasteiger partial charge in [-0.15, -0.1) is 0 Å². The van der Waals surface area contributed by atoms with Crippen LogP contribution in [0.25, 0.3) is 0 Å². The van der Waals surface area contributed by atoms with Crippen molar-refractivity contribution in [2.24, 2.45) is 0 Å². The maximum absolute atomic E-state index is 12.4. The highest BCUT2D eigenvalue weighted by atomic mass is 16.6.